The molecule has 1 unspecified atom stereocenters. The largest absolute Gasteiger partial charge is 0.324 e. The van der Waals surface area contributed by atoms with Gasteiger partial charge in [0.1, 0.15) is 11.6 Å². The van der Waals surface area contributed by atoms with Crippen molar-refractivity contribution < 1.29 is 13.6 Å². The Morgan fingerprint density at radius 3 is 2.53 bits per heavy atom. The van der Waals surface area contributed by atoms with Crippen LogP contribution in [0, 0.1) is 11.6 Å². The van der Waals surface area contributed by atoms with Crippen LogP contribution >= 0.6 is 0 Å². The molecule has 1 atom stereocenters. The molecule has 0 bridgehead atoms. The SMILES string of the molecule is O=C(Nc1cc(F)cc(F)c1)C1CNCCN1. The van der Waals surface area contributed by atoms with Crippen molar-refractivity contribution in [1.29, 1.82) is 0 Å². The van der Waals surface area contributed by atoms with Crippen molar-refractivity contribution in [2.45, 2.75) is 6.04 Å². The molecule has 92 valence electrons. The molecule has 1 saturated heterocycles. The van der Waals surface area contributed by atoms with E-state index in [1.807, 2.05) is 0 Å². The fraction of sp³-hybridized carbons (Fsp3) is 0.364. The topological polar surface area (TPSA) is 53.2 Å². The second kappa shape index (κ2) is 5.20. The molecule has 3 N–H and O–H groups in total. The Balaban J connectivity index is 2.01. The zero-order chi connectivity index (χ0) is 12.3. The molecule has 1 aliphatic heterocycles. The van der Waals surface area contributed by atoms with Crippen molar-refractivity contribution in [3.63, 3.8) is 0 Å². The van der Waals surface area contributed by atoms with E-state index >= 15 is 0 Å². The first-order valence-electron chi connectivity index (χ1n) is 5.36. The zero-order valence-electron chi connectivity index (χ0n) is 9.09. The number of halogens is 2. The summed E-state index contributed by atoms with van der Waals surface area (Å²) in [5, 5.41) is 8.53. The number of carbonyl (C=O) groups excluding carboxylic acids is 1. The standard InChI is InChI=1S/C11H13F2N3O/c12-7-3-8(13)5-9(4-7)16-11(17)10-6-14-1-2-15-10/h3-5,10,14-15H,1-2,6H2,(H,16,17). The molecular formula is C11H13F2N3O. The second-order valence-electron chi connectivity index (χ2n) is 3.86. The van der Waals surface area contributed by atoms with E-state index in [1.165, 1.54) is 0 Å². The molecule has 1 amide bonds. The van der Waals surface area contributed by atoms with Crippen LogP contribution in [-0.4, -0.2) is 31.6 Å². The van der Waals surface area contributed by atoms with Crippen molar-refractivity contribution in [3.8, 4) is 0 Å². The van der Waals surface area contributed by atoms with Gasteiger partial charge >= 0.3 is 0 Å². The first kappa shape index (κ1) is 11.9. The highest BCUT2D eigenvalue weighted by Gasteiger charge is 2.20. The molecule has 0 spiro atoms. The van der Waals surface area contributed by atoms with Crippen LogP contribution in [-0.2, 0) is 4.79 Å². The Hall–Kier alpha value is -1.53. The smallest absolute Gasteiger partial charge is 0.242 e. The highest BCUT2D eigenvalue weighted by Crippen LogP contribution is 2.13. The van der Waals surface area contributed by atoms with Crippen molar-refractivity contribution in [2.24, 2.45) is 0 Å². The molecule has 0 aromatic heterocycles. The molecule has 1 heterocycles. The average molecular weight is 241 g/mol. The van der Waals surface area contributed by atoms with E-state index < -0.39 is 11.6 Å². The molecule has 4 nitrogen and oxygen atoms in total. The Bertz CT molecular complexity index is 399. The number of hydrogen-bond acceptors (Lipinski definition) is 3. The summed E-state index contributed by atoms with van der Waals surface area (Å²) < 4.78 is 25.8. The lowest BCUT2D eigenvalue weighted by molar-refractivity contribution is -0.118. The van der Waals surface area contributed by atoms with Crippen LogP contribution in [0.15, 0.2) is 18.2 Å². The van der Waals surface area contributed by atoms with Crippen LogP contribution in [0.4, 0.5) is 14.5 Å². The molecule has 0 saturated carbocycles. The van der Waals surface area contributed by atoms with Gasteiger partial charge in [-0.15, -0.1) is 0 Å². The Morgan fingerprint density at radius 1 is 1.24 bits per heavy atom. The molecule has 0 radical (unpaired) electrons. The zero-order valence-corrected chi connectivity index (χ0v) is 9.09. The van der Waals surface area contributed by atoms with Gasteiger partial charge in [0.15, 0.2) is 0 Å². The lowest BCUT2D eigenvalue weighted by Gasteiger charge is -2.23. The minimum absolute atomic E-state index is 0.125. The molecule has 1 aliphatic rings. The number of benzene rings is 1. The monoisotopic (exact) mass is 241 g/mol. The fourth-order valence-corrected chi connectivity index (χ4v) is 1.69. The van der Waals surface area contributed by atoms with Gasteiger partial charge in [0.05, 0.1) is 6.04 Å². The highest BCUT2D eigenvalue weighted by atomic mass is 19.1. The summed E-state index contributed by atoms with van der Waals surface area (Å²) >= 11 is 0. The van der Waals surface area contributed by atoms with Gasteiger partial charge in [-0.2, -0.15) is 0 Å². The van der Waals surface area contributed by atoms with Crippen molar-refractivity contribution in [2.75, 3.05) is 25.0 Å². The van der Waals surface area contributed by atoms with E-state index in [4.69, 9.17) is 0 Å². The number of anilines is 1. The summed E-state index contributed by atoms with van der Waals surface area (Å²) in [6.07, 6.45) is 0. The van der Waals surface area contributed by atoms with Crippen LogP contribution in [0.1, 0.15) is 0 Å². The van der Waals surface area contributed by atoms with Crippen molar-refractivity contribution >= 4 is 11.6 Å². The first-order valence-corrected chi connectivity index (χ1v) is 5.36. The van der Waals surface area contributed by atoms with Crippen LogP contribution in [0.2, 0.25) is 0 Å². The molecular weight excluding hydrogens is 228 g/mol. The van der Waals surface area contributed by atoms with Gasteiger partial charge in [-0.1, -0.05) is 0 Å². The molecule has 1 fully saturated rings. The van der Waals surface area contributed by atoms with Crippen LogP contribution < -0.4 is 16.0 Å². The first-order chi connectivity index (χ1) is 8.15. The van der Waals surface area contributed by atoms with Crippen molar-refractivity contribution in [1.82, 2.24) is 10.6 Å². The summed E-state index contributed by atoms with van der Waals surface area (Å²) in [7, 11) is 0. The maximum atomic E-state index is 12.9. The minimum atomic E-state index is -0.713. The van der Waals surface area contributed by atoms with Crippen LogP contribution in [0.5, 0.6) is 0 Å². The third kappa shape index (κ3) is 3.21. The van der Waals surface area contributed by atoms with Crippen LogP contribution in [0.25, 0.3) is 0 Å². The third-order valence-corrected chi connectivity index (χ3v) is 2.49. The number of hydrogen-bond donors (Lipinski definition) is 3. The Morgan fingerprint density at radius 2 is 1.94 bits per heavy atom. The highest BCUT2D eigenvalue weighted by molar-refractivity contribution is 5.95. The quantitative estimate of drug-likeness (QED) is 0.705. The predicted octanol–water partition coefficient (Wildman–Crippen LogP) is 0.465. The molecule has 2 rings (SSSR count). The van der Waals surface area contributed by atoms with Gasteiger partial charge in [0, 0.05) is 31.4 Å². The molecule has 1 aromatic rings. The lowest BCUT2D eigenvalue weighted by Crippen LogP contribution is -2.54. The van der Waals surface area contributed by atoms with Gasteiger partial charge < -0.3 is 16.0 Å². The van der Waals surface area contributed by atoms with E-state index in [1.54, 1.807) is 0 Å². The molecule has 6 heteroatoms. The molecule has 1 aromatic carbocycles. The van der Waals surface area contributed by atoms with E-state index in [-0.39, 0.29) is 17.6 Å². The van der Waals surface area contributed by atoms with E-state index in [9.17, 15) is 13.6 Å². The number of piperazine rings is 1. The number of nitrogens with one attached hydrogen (secondary N) is 3. The van der Waals surface area contributed by atoms with Gasteiger partial charge in [-0.05, 0) is 12.1 Å². The van der Waals surface area contributed by atoms with Gasteiger partial charge in [-0.3, -0.25) is 4.79 Å². The van der Waals surface area contributed by atoms with E-state index in [2.05, 4.69) is 16.0 Å². The average Bonchev–Trinajstić information content (AvgIpc) is 2.28. The second-order valence-corrected chi connectivity index (χ2v) is 3.86. The Labute approximate surface area is 97.4 Å². The van der Waals surface area contributed by atoms with E-state index in [0.717, 1.165) is 24.7 Å². The van der Waals surface area contributed by atoms with Crippen LogP contribution in [0.3, 0.4) is 0 Å². The predicted molar refractivity (Wildman–Crippen MR) is 59.6 cm³/mol. The Kier molecular flexibility index (Phi) is 3.65. The number of carbonyl (C=O) groups is 1. The summed E-state index contributed by atoms with van der Waals surface area (Å²) in [6.45, 7) is 2.00. The van der Waals surface area contributed by atoms with Crippen molar-refractivity contribution in [3.05, 3.63) is 29.8 Å². The third-order valence-electron chi connectivity index (χ3n) is 2.49. The van der Waals surface area contributed by atoms with Gasteiger partial charge in [0.2, 0.25) is 5.91 Å². The van der Waals surface area contributed by atoms with E-state index in [0.29, 0.717) is 13.1 Å². The molecule has 0 aliphatic carbocycles. The summed E-state index contributed by atoms with van der Waals surface area (Å²) in [5.41, 5.74) is 0.125. The minimum Gasteiger partial charge on any atom is -0.324 e. The maximum absolute atomic E-state index is 12.9. The molecule has 17 heavy (non-hydrogen) atoms. The summed E-state index contributed by atoms with van der Waals surface area (Å²) in [5.74, 6) is -1.73. The van der Waals surface area contributed by atoms with Gasteiger partial charge in [0.25, 0.3) is 0 Å². The summed E-state index contributed by atoms with van der Waals surface area (Å²) in [4.78, 5) is 11.7. The van der Waals surface area contributed by atoms with Gasteiger partial charge in [-0.25, -0.2) is 8.78 Å². The summed E-state index contributed by atoms with van der Waals surface area (Å²) in [6, 6.07) is 2.54. The lowest BCUT2D eigenvalue weighted by atomic mass is 10.2. The maximum Gasteiger partial charge on any atom is 0.242 e. The number of rotatable bonds is 2. The number of amides is 1. The fourth-order valence-electron chi connectivity index (χ4n) is 1.69. The normalized spacial score (nSPS) is 20.0.